The number of anilines is 1. The Morgan fingerprint density at radius 1 is 1.27 bits per heavy atom. The lowest BCUT2D eigenvalue weighted by Gasteiger charge is -2.31. The number of rotatable bonds is 6. The highest BCUT2D eigenvalue weighted by molar-refractivity contribution is 7.89. The molecule has 1 atom stereocenters. The van der Waals surface area contributed by atoms with Gasteiger partial charge in [0.15, 0.2) is 0 Å². The molecule has 1 fully saturated rings. The van der Waals surface area contributed by atoms with Crippen molar-refractivity contribution in [1.29, 1.82) is 0 Å². The molecule has 33 heavy (non-hydrogen) atoms. The fourth-order valence-corrected chi connectivity index (χ4v) is 6.89. The molecule has 0 bridgehead atoms. The van der Waals surface area contributed by atoms with Gasteiger partial charge in [-0.25, -0.2) is 8.42 Å². The van der Waals surface area contributed by atoms with E-state index in [4.69, 9.17) is 4.52 Å². The maximum Gasteiger partial charge on any atom is 0.244 e. The molecule has 2 aromatic heterocycles. The Bertz CT molecular complexity index is 1260. The zero-order valence-corrected chi connectivity index (χ0v) is 20.8. The lowest BCUT2D eigenvalue weighted by Crippen LogP contribution is -2.43. The van der Waals surface area contributed by atoms with Crippen LogP contribution in [0.25, 0.3) is 10.7 Å². The van der Waals surface area contributed by atoms with E-state index in [1.807, 2.05) is 45.0 Å². The Kier molecular flexibility index (Phi) is 6.69. The van der Waals surface area contributed by atoms with Crippen molar-refractivity contribution in [2.45, 2.75) is 51.3 Å². The first-order chi connectivity index (χ1) is 15.6. The van der Waals surface area contributed by atoms with Crippen molar-refractivity contribution >= 4 is 33.0 Å². The van der Waals surface area contributed by atoms with Gasteiger partial charge in [0.05, 0.1) is 15.7 Å². The molecule has 176 valence electrons. The number of amides is 1. The Balaban J connectivity index is 1.52. The third-order valence-corrected chi connectivity index (χ3v) is 8.85. The second kappa shape index (κ2) is 9.36. The van der Waals surface area contributed by atoms with Crippen LogP contribution in [0.3, 0.4) is 0 Å². The summed E-state index contributed by atoms with van der Waals surface area (Å²) in [6.45, 7) is 8.19. The van der Waals surface area contributed by atoms with Crippen LogP contribution in [-0.2, 0) is 14.8 Å². The second-order valence-corrected chi connectivity index (χ2v) is 11.9. The summed E-state index contributed by atoms with van der Waals surface area (Å²) >= 11 is 1.32. The Hall–Kier alpha value is -2.56. The van der Waals surface area contributed by atoms with E-state index in [9.17, 15) is 13.2 Å². The van der Waals surface area contributed by atoms with Crippen molar-refractivity contribution in [3.63, 3.8) is 0 Å². The maximum atomic E-state index is 13.5. The average molecular weight is 489 g/mol. The van der Waals surface area contributed by atoms with Crippen molar-refractivity contribution in [3.05, 3.63) is 46.7 Å². The van der Waals surface area contributed by atoms with Crippen molar-refractivity contribution < 1.29 is 17.7 Å². The van der Waals surface area contributed by atoms with Crippen LogP contribution in [-0.4, -0.2) is 41.9 Å². The molecular formula is C23H28N4O4S2. The predicted octanol–water partition coefficient (Wildman–Crippen LogP) is 4.58. The van der Waals surface area contributed by atoms with Gasteiger partial charge >= 0.3 is 0 Å². The highest BCUT2D eigenvalue weighted by atomic mass is 32.2. The number of sulfonamides is 1. The van der Waals surface area contributed by atoms with Crippen LogP contribution >= 0.6 is 11.3 Å². The smallest absolute Gasteiger partial charge is 0.244 e. The molecule has 0 spiro atoms. The van der Waals surface area contributed by atoms with Crippen molar-refractivity contribution in [3.8, 4) is 10.7 Å². The summed E-state index contributed by atoms with van der Waals surface area (Å²) in [6.07, 6.45) is 1.28. The van der Waals surface area contributed by atoms with E-state index in [0.29, 0.717) is 40.9 Å². The molecule has 0 unspecified atom stereocenters. The number of carbonyl (C=O) groups is 1. The van der Waals surface area contributed by atoms with E-state index in [-0.39, 0.29) is 23.3 Å². The number of hydrogen-bond acceptors (Lipinski definition) is 7. The molecule has 0 aliphatic carbocycles. The van der Waals surface area contributed by atoms with Crippen molar-refractivity contribution in [1.82, 2.24) is 14.4 Å². The summed E-state index contributed by atoms with van der Waals surface area (Å²) in [5.74, 6) is 0.433. The van der Waals surface area contributed by atoms with Gasteiger partial charge in [0, 0.05) is 29.6 Å². The number of hydrogen-bond donors (Lipinski definition) is 1. The quantitative estimate of drug-likeness (QED) is 0.545. The third-order valence-electron chi connectivity index (χ3n) is 5.69. The molecule has 1 aliphatic rings. The summed E-state index contributed by atoms with van der Waals surface area (Å²) in [6, 6.07) is 9.18. The molecule has 4 rings (SSSR count). The first-order valence-electron chi connectivity index (χ1n) is 11.0. The minimum atomic E-state index is -3.76. The van der Waals surface area contributed by atoms with Gasteiger partial charge in [-0.15, -0.1) is 11.3 Å². The van der Waals surface area contributed by atoms with Crippen LogP contribution < -0.4 is 5.32 Å². The van der Waals surface area contributed by atoms with E-state index in [1.54, 1.807) is 13.0 Å². The molecule has 1 aromatic carbocycles. The molecule has 1 N–H and O–H groups in total. The predicted molar refractivity (Wildman–Crippen MR) is 128 cm³/mol. The van der Waals surface area contributed by atoms with Gasteiger partial charge in [-0.2, -0.15) is 9.29 Å². The first-order valence-corrected chi connectivity index (χ1v) is 13.2. The van der Waals surface area contributed by atoms with E-state index in [2.05, 4.69) is 15.5 Å². The van der Waals surface area contributed by atoms with Gasteiger partial charge in [0.25, 0.3) is 0 Å². The normalized spacial score (nSPS) is 17.4. The molecule has 0 radical (unpaired) electrons. The SMILES string of the molecule is Cc1cccc(NC(=O)[C@H]2CCCN(S(=O)(=O)c3cc(-c4noc(C(C)C)n4)sc3C)C2)c1. The van der Waals surface area contributed by atoms with Crippen molar-refractivity contribution in [2.75, 3.05) is 18.4 Å². The molecule has 10 heteroatoms. The fourth-order valence-electron chi connectivity index (χ4n) is 3.88. The number of piperidine rings is 1. The molecule has 3 heterocycles. The van der Waals surface area contributed by atoms with Gasteiger partial charge in [0.2, 0.25) is 27.6 Å². The van der Waals surface area contributed by atoms with Crippen LogP contribution in [0.15, 0.2) is 39.8 Å². The van der Waals surface area contributed by atoms with E-state index >= 15 is 0 Å². The molecule has 1 amide bonds. The molecule has 1 saturated heterocycles. The Labute approximate surface area is 198 Å². The third kappa shape index (κ3) is 5.02. The number of nitrogens with zero attached hydrogens (tertiary/aromatic N) is 3. The summed E-state index contributed by atoms with van der Waals surface area (Å²) in [7, 11) is -3.76. The van der Waals surface area contributed by atoms with Crippen LogP contribution in [0.4, 0.5) is 5.69 Å². The number of nitrogens with one attached hydrogen (secondary N) is 1. The first kappa shape index (κ1) is 23.6. The summed E-state index contributed by atoms with van der Waals surface area (Å²) in [5, 5.41) is 6.93. The number of benzene rings is 1. The van der Waals surface area contributed by atoms with Gasteiger partial charge in [0.1, 0.15) is 0 Å². The fraction of sp³-hybridized carbons (Fsp3) is 0.435. The Morgan fingerprint density at radius 2 is 2.06 bits per heavy atom. The molecule has 8 nitrogen and oxygen atoms in total. The number of aromatic nitrogens is 2. The van der Waals surface area contributed by atoms with Gasteiger partial charge in [-0.3, -0.25) is 4.79 Å². The van der Waals surface area contributed by atoms with Crippen LogP contribution in [0.1, 0.15) is 48.9 Å². The van der Waals surface area contributed by atoms with Gasteiger partial charge < -0.3 is 9.84 Å². The zero-order valence-electron chi connectivity index (χ0n) is 19.2. The summed E-state index contributed by atoms with van der Waals surface area (Å²) in [5.41, 5.74) is 1.77. The average Bonchev–Trinajstić information content (AvgIpc) is 3.41. The summed E-state index contributed by atoms with van der Waals surface area (Å²) in [4.78, 5) is 18.8. The summed E-state index contributed by atoms with van der Waals surface area (Å²) < 4.78 is 33.6. The minimum Gasteiger partial charge on any atom is -0.339 e. The highest BCUT2D eigenvalue weighted by Crippen LogP contribution is 2.35. The molecule has 0 saturated carbocycles. The van der Waals surface area contributed by atoms with E-state index in [1.165, 1.54) is 15.6 Å². The number of aryl methyl sites for hydroxylation is 2. The highest BCUT2D eigenvalue weighted by Gasteiger charge is 2.35. The van der Waals surface area contributed by atoms with Crippen LogP contribution in [0.5, 0.6) is 0 Å². The van der Waals surface area contributed by atoms with E-state index in [0.717, 1.165) is 11.3 Å². The molecule has 3 aromatic rings. The lowest BCUT2D eigenvalue weighted by molar-refractivity contribution is -0.120. The Morgan fingerprint density at radius 3 is 2.76 bits per heavy atom. The number of thiophene rings is 1. The monoisotopic (exact) mass is 488 g/mol. The minimum absolute atomic E-state index is 0.0896. The standard InChI is InChI=1S/C23H28N4O4S2/c1-14(2)23-25-21(26-31-23)19-12-20(16(4)32-19)33(29,30)27-10-6-8-17(13-27)22(28)24-18-9-5-7-15(3)11-18/h5,7,9,11-12,14,17H,6,8,10,13H2,1-4H3,(H,24,28)/t17-/m0/s1. The topological polar surface area (TPSA) is 105 Å². The van der Waals surface area contributed by atoms with Crippen LogP contribution in [0, 0.1) is 19.8 Å². The van der Waals surface area contributed by atoms with Gasteiger partial charge in [-0.1, -0.05) is 31.1 Å². The van der Waals surface area contributed by atoms with E-state index < -0.39 is 15.9 Å². The lowest BCUT2D eigenvalue weighted by atomic mass is 9.98. The van der Waals surface area contributed by atoms with Crippen LogP contribution in [0.2, 0.25) is 0 Å². The maximum absolute atomic E-state index is 13.5. The number of carbonyl (C=O) groups excluding carboxylic acids is 1. The largest absolute Gasteiger partial charge is 0.339 e. The van der Waals surface area contributed by atoms with Gasteiger partial charge in [-0.05, 0) is 50.5 Å². The second-order valence-electron chi connectivity index (χ2n) is 8.70. The van der Waals surface area contributed by atoms with Crippen molar-refractivity contribution in [2.24, 2.45) is 5.92 Å². The molecular weight excluding hydrogens is 460 g/mol. The zero-order chi connectivity index (χ0) is 23.8. The molecule has 1 aliphatic heterocycles.